The van der Waals surface area contributed by atoms with Gasteiger partial charge in [-0.15, -0.1) is 11.8 Å². The Kier molecular flexibility index (Phi) is 8.01. The number of methoxy groups -OCH3 is 1. The lowest BCUT2D eigenvalue weighted by Gasteiger charge is -2.23. The molecule has 0 unspecified atom stereocenters. The van der Waals surface area contributed by atoms with Gasteiger partial charge in [0.1, 0.15) is 5.82 Å². The van der Waals surface area contributed by atoms with Gasteiger partial charge in [-0.3, -0.25) is 14.9 Å². The summed E-state index contributed by atoms with van der Waals surface area (Å²) < 4.78 is 43.2. The molecule has 0 saturated carbocycles. The highest BCUT2D eigenvalue weighted by Crippen LogP contribution is 2.30. The van der Waals surface area contributed by atoms with Crippen molar-refractivity contribution in [3.8, 4) is 5.75 Å². The standard InChI is InChI=1S/C21H23F3N4O4S/c1-32-18-5-3-15(11-17(18)28(30)31)13-33-14-20(29)27-8-2-7-26(9-10-27)19-6-4-16(12-25-19)21(22,23)24/h3-6,11-12H,2,7-10,13-14H2,1H3. The van der Waals surface area contributed by atoms with Gasteiger partial charge in [0.05, 0.1) is 23.3 Å². The molecule has 2 heterocycles. The number of rotatable bonds is 7. The number of amides is 1. The molecule has 0 N–H and O–H groups in total. The number of hydrogen-bond donors (Lipinski definition) is 0. The van der Waals surface area contributed by atoms with Crippen LogP contribution in [0.1, 0.15) is 17.5 Å². The summed E-state index contributed by atoms with van der Waals surface area (Å²) in [6, 6.07) is 7.07. The maximum Gasteiger partial charge on any atom is 0.417 e. The van der Waals surface area contributed by atoms with Crippen LogP contribution in [0.4, 0.5) is 24.7 Å². The number of alkyl halides is 3. The molecule has 0 spiro atoms. The molecule has 1 amide bonds. The highest BCUT2D eigenvalue weighted by molar-refractivity contribution is 7.99. The number of hydrogen-bond acceptors (Lipinski definition) is 7. The van der Waals surface area contributed by atoms with Gasteiger partial charge in [-0.25, -0.2) is 4.98 Å². The smallest absolute Gasteiger partial charge is 0.417 e. The molecule has 1 aromatic heterocycles. The summed E-state index contributed by atoms with van der Waals surface area (Å²) in [5.41, 5.74) is -0.195. The van der Waals surface area contributed by atoms with Crippen LogP contribution in [0.3, 0.4) is 0 Å². The van der Waals surface area contributed by atoms with Crippen molar-refractivity contribution >= 4 is 29.2 Å². The number of aromatic nitrogens is 1. The number of nitrogens with zero attached hydrogens (tertiary/aromatic N) is 4. The van der Waals surface area contributed by atoms with E-state index in [9.17, 15) is 28.1 Å². The normalized spacial score (nSPS) is 14.7. The van der Waals surface area contributed by atoms with Crippen molar-refractivity contribution in [2.24, 2.45) is 0 Å². The second kappa shape index (κ2) is 10.7. The van der Waals surface area contributed by atoms with Crippen LogP contribution in [0.15, 0.2) is 36.5 Å². The van der Waals surface area contributed by atoms with Crippen molar-refractivity contribution in [3.63, 3.8) is 0 Å². The Morgan fingerprint density at radius 3 is 2.64 bits per heavy atom. The maximum atomic E-state index is 12.7. The van der Waals surface area contributed by atoms with Gasteiger partial charge in [-0.1, -0.05) is 6.07 Å². The van der Waals surface area contributed by atoms with E-state index in [4.69, 9.17) is 4.74 Å². The number of nitro benzene ring substituents is 1. The number of ether oxygens (including phenoxy) is 1. The molecule has 0 atom stereocenters. The fourth-order valence-electron chi connectivity index (χ4n) is 3.45. The summed E-state index contributed by atoms with van der Waals surface area (Å²) in [6.07, 6.45) is -2.94. The third kappa shape index (κ3) is 6.50. The summed E-state index contributed by atoms with van der Waals surface area (Å²) in [5.74, 6) is 1.24. The van der Waals surface area contributed by atoms with Gasteiger partial charge in [0, 0.05) is 44.2 Å². The molecule has 0 aliphatic carbocycles. The molecule has 178 valence electrons. The first-order chi connectivity index (χ1) is 15.7. The lowest BCUT2D eigenvalue weighted by molar-refractivity contribution is -0.385. The molecule has 1 saturated heterocycles. The van der Waals surface area contributed by atoms with Crippen molar-refractivity contribution < 1.29 is 27.6 Å². The van der Waals surface area contributed by atoms with E-state index in [0.29, 0.717) is 44.2 Å². The second-order valence-electron chi connectivity index (χ2n) is 7.38. The van der Waals surface area contributed by atoms with Crippen LogP contribution in [0.2, 0.25) is 0 Å². The zero-order valence-electron chi connectivity index (χ0n) is 17.9. The maximum absolute atomic E-state index is 12.7. The molecule has 1 aromatic carbocycles. The SMILES string of the molecule is COc1ccc(CSCC(=O)N2CCCN(c3ccc(C(F)(F)F)cn3)CC2)cc1[N+](=O)[O-]. The fourth-order valence-corrected chi connectivity index (χ4v) is 4.33. The summed E-state index contributed by atoms with van der Waals surface area (Å²) in [6.45, 7) is 2.05. The Hall–Kier alpha value is -3.02. The quantitative estimate of drug-likeness (QED) is 0.434. The summed E-state index contributed by atoms with van der Waals surface area (Å²) in [4.78, 5) is 30.8. The summed E-state index contributed by atoms with van der Waals surface area (Å²) >= 11 is 1.36. The monoisotopic (exact) mass is 484 g/mol. The number of carbonyl (C=O) groups is 1. The van der Waals surface area contributed by atoms with E-state index in [2.05, 4.69) is 4.98 Å². The molecular weight excluding hydrogens is 461 g/mol. The molecule has 0 bridgehead atoms. The molecule has 12 heteroatoms. The number of benzene rings is 1. The van der Waals surface area contributed by atoms with Crippen molar-refractivity contribution in [3.05, 3.63) is 57.8 Å². The van der Waals surface area contributed by atoms with Crippen molar-refractivity contribution in [1.82, 2.24) is 9.88 Å². The van der Waals surface area contributed by atoms with Crippen LogP contribution < -0.4 is 9.64 Å². The molecule has 33 heavy (non-hydrogen) atoms. The molecule has 8 nitrogen and oxygen atoms in total. The van der Waals surface area contributed by atoms with E-state index in [0.717, 1.165) is 17.8 Å². The lowest BCUT2D eigenvalue weighted by Crippen LogP contribution is -2.36. The van der Waals surface area contributed by atoms with Gasteiger partial charge < -0.3 is 14.5 Å². The zero-order chi connectivity index (χ0) is 24.0. The molecule has 0 radical (unpaired) electrons. The molecule has 1 fully saturated rings. The van der Waals surface area contributed by atoms with E-state index in [1.807, 2.05) is 4.90 Å². The van der Waals surface area contributed by atoms with Crippen molar-refractivity contribution in [2.75, 3.05) is 43.9 Å². The van der Waals surface area contributed by atoms with Crippen LogP contribution in [-0.4, -0.2) is 59.8 Å². The van der Waals surface area contributed by atoms with Gasteiger partial charge in [0.25, 0.3) is 0 Å². The largest absolute Gasteiger partial charge is 0.490 e. The number of nitro groups is 1. The molecule has 3 rings (SSSR count). The predicted octanol–water partition coefficient (Wildman–Crippen LogP) is 3.99. The van der Waals surface area contributed by atoms with Crippen LogP contribution in [0.5, 0.6) is 5.75 Å². The topological polar surface area (TPSA) is 88.8 Å². The van der Waals surface area contributed by atoms with Crippen molar-refractivity contribution in [1.29, 1.82) is 0 Å². The van der Waals surface area contributed by atoms with Gasteiger partial charge in [-0.05, 0) is 30.2 Å². The minimum atomic E-state index is -4.43. The average Bonchev–Trinajstić information content (AvgIpc) is 3.05. The molecular formula is C21H23F3N4O4S. The molecule has 2 aromatic rings. The lowest BCUT2D eigenvalue weighted by atomic mass is 10.2. The Morgan fingerprint density at radius 2 is 2.00 bits per heavy atom. The number of pyridine rings is 1. The second-order valence-corrected chi connectivity index (χ2v) is 8.37. The van der Waals surface area contributed by atoms with E-state index < -0.39 is 16.7 Å². The third-order valence-electron chi connectivity index (χ3n) is 5.18. The Balaban J connectivity index is 1.51. The van der Waals surface area contributed by atoms with Gasteiger partial charge in [0.2, 0.25) is 5.91 Å². The first kappa shape index (κ1) is 24.6. The Labute approximate surface area is 192 Å². The molecule has 1 aliphatic rings. The minimum Gasteiger partial charge on any atom is -0.490 e. The van der Waals surface area contributed by atoms with E-state index in [1.54, 1.807) is 11.0 Å². The highest BCUT2D eigenvalue weighted by atomic mass is 32.2. The first-order valence-corrected chi connectivity index (χ1v) is 11.3. The van der Waals surface area contributed by atoms with Gasteiger partial charge >= 0.3 is 11.9 Å². The number of halogens is 3. The first-order valence-electron chi connectivity index (χ1n) is 10.1. The molecule has 1 aliphatic heterocycles. The fraction of sp³-hybridized carbons (Fsp3) is 0.429. The Morgan fingerprint density at radius 1 is 1.21 bits per heavy atom. The van der Waals surface area contributed by atoms with Crippen LogP contribution in [-0.2, 0) is 16.7 Å². The van der Waals surface area contributed by atoms with Crippen LogP contribution in [0.25, 0.3) is 0 Å². The minimum absolute atomic E-state index is 0.0507. The zero-order valence-corrected chi connectivity index (χ0v) is 18.7. The average molecular weight is 485 g/mol. The van der Waals surface area contributed by atoms with Gasteiger partial charge in [0.15, 0.2) is 5.75 Å². The number of carbonyl (C=O) groups excluding carboxylic acids is 1. The number of anilines is 1. The van der Waals surface area contributed by atoms with E-state index in [-0.39, 0.29) is 23.1 Å². The predicted molar refractivity (Wildman–Crippen MR) is 118 cm³/mol. The summed E-state index contributed by atoms with van der Waals surface area (Å²) in [7, 11) is 1.37. The number of thioether (sulfide) groups is 1. The Bertz CT molecular complexity index is 988. The van der Waals surface area contributed by atoms with Crippen molar-refractivity contribution in [2.45, 2.75) is 18.3 Å². The van der Waals surface area contributed by atoms with Crippen LogP contribution >= 0.6 is 11.8 Å². The van der Waals surface area contributed by atoms with E-state index >= 15 is 0 Å². The summed E-state index contributed by atoms with van der Waals surface area (Å²) in [5, 5.41) is 11.1. The van der Waals surface area contributed by atoms with Crippen LogP contribution in [0, 0.1) is 10.1 Å². The van der Waals surface area contributed by atoms with Gasteiger partial charge in [-0.2, -0.15) is 13.2 Å². The highest BCUT2D eigenvalue weighted by Gasteiger charge is 2.31. The third-order valence-corrected chi connectivity index (χ3v) is 6.17. The van der Waals surface area contributed by atoms with E-state index in [1.165, 1.54) is 37.1 Å².